The number of rotatable bonds is 5. The largest absolute Gasteiger partial charge is 0.480 e. The molecule has 1 rings (SSSR count). The Kier molecular flexibility index (Phi) is 6.04. The van der Waals surface area contributed by atoms with E-state index in [1.165, 1.54) is 4.90 Å². The number of carbonyl (C=O) groups is 2. The van der Waals surface area contributed by atoms with Crippen LogP contribution in [0.2, 0.25) is 0 Å². The fraction of sp³-hybridized carbons (Fsp3) is 0.833. The summed E-state index contributed by atoms with van der Waals surface area (Å²) in [6, 6.07) is -1.80. The van der Waals surface area contributed by atoms with Crippen LogP contribution in [-0.2, 0) is 9.53 Å². The van der Waals surface area contributed by atoms with Gasteiger partial charge in [-0.1, -0.05) is 20.3 Å². The molecule has 110 valence electrons. The normalized spacial score (nSPS) is 22.7. The maximum absolute atomic E-state index is 12.1. The van der Waals surface area contributed by atoms with Crippen molar-refractivity contribution in [2.75, 3.05) is 26.4 Å². The molecule has 1 aliphatic heterocycles. The minimum atomic E-state index is -1.04. The number of aliphatic hydroxyl groups excluding tert-OH is 1. The molecular formula is C12H22N2O5. The van der Waals surface area contributed by atoms with E-state index in [9.17, 15) is 14.7 Å². The minimum Gasteiger partial charge on any atom is -0.480 e. The first-order valence-corrected chi connectivity index (χ1v) is 6.49. The number of carbonyl (C=O) groups excluding carboxylic acids is 1. The van der Waals surface area contributed by atoms with Crippen molar-refractivity contribution in [3.8, 4) is 0 Å². The molecule has 3 N–H and O–H groups in total. The number of carboxylic acid groups (broad SMARTS) is 1. The molecule has 1 unspecified atom stereocenters. The lowest BCUT2D eigenvalue weighted by Gasteiger charge is -2.35. The Morgan fingerprint density at radius 3 is 2.74 bits per heavy atom. The Morgan fingerprint density at radius 2 is 2.21 bits per heavy atom. The number of amides is 2. The highest BCUT2D eigenvalue weighted by Crippen LogP contribution is 2.11. The van der Waals surface area contributed by atoms with Crippen molar-refractivity contribution in [3.05, 3.63) is 0 Å². The number of carboxylic acids is 1. The molecule has 0 radical (unpaired) electrons. The van der Waals surface area contributed by atoms with Gasteiger partial charge in [-0.05, 0) is 5.92 Å². The smallest absolute Gasteiger partial charge is 0.326 e. The van der Waals surface area contributed by atoms with Crippen LogP contribution in [0, 0.1) is 5.92 Å². The van der Waals surface area contributed by atoms with Crippen LogP contribution in [0.5, 0.6) is 0 Å². The lowest BCUT2D eigenvalue weighted by Crippen LogP contribution is -2.57. The van der Waals surface area contributed by atoms with Crippen LogP contribution in [0.3, 0.4) is 0 Å². The summed E-state index contributed by atoms with van der Waals surface area (Å²) in [6.07, 6.45) is 0.657. The summed E-state index contributed by atoms with van der Waals surface area (Å²) >= 11 is 0. The molecule has 7 nitrogen and oxygen atoms in total. The van der Waals surface area contributed by atoms with E-state index in [-0.39, 0.29) is 19.1 Å². The summed E-state index contributed by atoms with van der Waals surface area (Å²) in [4.78, 5) is 24.7. The van der Waals surface area contributed by atoms with E-state index in [4.69, 9.17) is 9.84 Å². The Labute approximate surface area is 112 Å². The lowest BCUT2D eigenvalue weighted by atomic mass is 9.99. The fourth-order valence-corrected chi connectivity index (χ4v) is 1.97. The third kappa shape index (κ3) is 4.07. The van der Waals surface area contributed by atoms with E-state index in [2.05, 4.69) is 5.32 Å². The van der Waals surface area contributed by atoms with Gasteiger partial charge in [-0.3, -0.25) is 0 Å². The number of hydrogen-bond acceptors (Lipinski definition) is 4. The Bertz CT molecular complexity index is 323. The van der Waals surface area contributed by atoms with Gasteiger partial charge in [0.2, 0.25) is 0 Å². The molecular weight excluding hydrogens is 252 g/mol. The number of hydrogen-bond donors (Lipinski definition) is 3. The Balaban J connectivity index is 2.67. The third-order valence-electron chi connectivity index (χ3n) is 3.46. The molecule has 1 fully saturated rings. The molecule has 0 aromatic carbocycles. The summed E-state index contributed by atoms with van der Waals surface area (Å²) in [6.45, 7) is 4.47. The second-order valence-electron chi connectivity index (χ2n) is 4.76. The first-order chi connectivity index (χ1) is 9.01. The third-order valence-corrected chi connectivity index (χ3v) is 3.46. The van der Waals surface area contributed by atoms with Crippen LogP contribution in [0.25, 0.3) is 0 Å². The van der Waals surface area contributed by atoms with Gasteiger partial charge in [0.1, 0.15) is 6.04 Å². The van der Waals surface area contributed by atoms with Gasteiger partial charge in [0, 0.05) is 6.54 Å². The van der Waals surface area contributed by atoms with Crippen molar-refractivity contribution >= 4 is 12.0 Å². The summed E-state index contributed by atoms with van der Waals surface area (Å²) in [5, 5.41) is 20.9. The number of ether oxygens (including phenoxy) is 1. The van der Waals surface area contributed by atoms with Gasteiger partial charge in [0.05, 0.1) is 25.9 Å². The van der Waals surface area contributed by atoms with E-state index >= 15 is 0 Å². The molecule has 3 atom stereocenters. The predicted molar refractivity (Wildman–Crippen MR) is 67.8 cm³/mol. The van der Waals surface area contributed by atoms with E-state index in [0.29, 0.717) is 19.6 Å². The van der Waals surface area contributed by atoms with Gasteiger partial charge in [-0.2, -0.15) is 0 Å². The second kappa shape index (κ2) is 7.30. The number of morpholine rings is 1. The van der Waals surface area contributed by atoms with Crippen molar-refractivity contribution in [2.45, 2.75) is 32.4 Å². The highest BCUT2D eigenvalue weighted by Gasteiger charge is 2.31. The number of nitrogens with zero attached hydrogens (tertiary/aromatic N) is 1. The molecule has 0 aromatic heterocycles. The zero-order chi connectivity index (χ0) is 14.4. The van der Waals surface area contributed by atoms with Crippen LogP contribution < -0.4 is 5.32 Å². The van der Waals surface area contributed by atoms with Crippen LogP contribution in [-0.4, -0.2) is 65.6 Å². The highest BCUT2D eigenvalue weighted by molar-refractivity contribution is 5.83. The van der Waals surface area contributed by atoms with Crippen LogP contribution >= 0.6 is 0 Å². The van der Waals surface area contributed by atoms with Crippen LogP contribution in [0.4, 0.5) is 4.79 Å². The van der Waals surface area contributed by atoms with Gasteiger partial charge < -0.3 is 25.2 Å². The fourth-order valence-electron chi connectivity index (χ4n) is 1.97. The molecule has 1 saturated heterocycles. The van der Waals surface area contributed by atoms with E-state index in [0.717, 1.165) is 0 Å². The maximum atomic E-state index is 12.1. The second-order valence-corrected chi connectivity index (χ2v) is 4.76. The standard InChI is InChI=1S/C12H22N2O5/c1-3-8(2)10(11(16)17)13-12(18)14-4-5-19-7-9(14)6-15/h8-10,15H,3-7H2,1-2H3,(H,13,18)(H,16,17)/t8-,9?,10-/m0/s1. The lowest BCUT2D eigenvalue weighted by molar-refractivity contribution is -0.140. The molecule has 19 heavy (non-hydrogen) atoms. The number of aliphatic hydroxyl groups is 1. The van der Waals surface area contributed by atoms with Crippen molar-refractivity contribution in [2.24, 2.45) is 5.92 Å². The molecule has 7 heteroatoms. The summed E-state index contributed by atoms with van der Waals surface area (Å²) < 4.78 is 5.18. The monoisotopic (exact) mass is 274 g/mol. The first kappa shape index (κ1) is 15.7. The van der Waals surface area contributed by atoms with E-state index in [1.807, 2.05) is 6.92 Å². The van der Waals surface area contributed by atoms with Crippen LogP contribution in [0.1, 0.15) is 20.3 Å². The predicted octanol–water partition coefficient (Wildman–Crippen LogP) is -0.112. The Hall–Kier alpha value is -1.34. The van der Waals surface area contributed by atoms with Crippen molar-refractivity contribution in [1.29, 1.82) is 0 Å². The molecule has 0 saturated carbocycles. The number of aliphatic carboxylic acids is 1. The maximum Gasteiger partial charge on any atom is 0.326 e. The molecule has 0 aliphatic carbocycles. The van der Waals surface area contributed by atoms with Gasteiger partial charge in [0.15, 0.2) is 0 Å². The SMILES string of the molecule is CC[C@H](C)[C@H](NC(=O)N1CCOCC1CO)C(=O)O. The zero-order valence-electron chi connectivity index (χ0n) is 11.3. The highest BCUT2D eigenvalue weighted by atomic mass is 16.5. The molecule has 0 aromatic rings. The average Bonchev–Trinajstić information content (AvgIpc) is 2.43. The average molecular weight is 274 g/mol. The van der Waals surface area contributed by atoms with Crippen LogP contribution in [0.15, 0.2) is 0 Å². The zero-order valence-corrected chi connectivity index (χ0v) is 11.3. The first-order valence-electron chi connectivity index (χ1n) is 6.49. The quantitative estimate of drug-likeness (QED) is 0.649. The topological polar surface area (TPSA) is 99.1 Å². The van der Waals surface area contributed by atoms with Crippen molar-refractivity contribution in [3.63, 3.8) is 0 Å². The molecule has 0 bridgehead atoms. The number of nitrogens with one attached hydrogen (secondary N) is 1. The summed E-state index contributed by atoms with van der Waals surface area (Å²) in [5.74, 6) is -1.20. The van der Waals surface area contributed by atoms with Crippen molar-refractivity contribution in [1.82, 2.24) is 10.2 Å². The molecule has 2 amide bonds. The Morgan fingerprint density at radius 1 is 1.53 bits per heavy atom. The summed E-state index contributed by atoms with van der Waals surface area (Å²) in [7, 11) is 0. The molecule has 1 aliphatic rings. The minimum absolute atomic E-state index is 0.157. The van der Waals surface area contributed by atoms with Gasteiger partial charge in [0.25, 0.3) is 0 Å². The summed E-state index contributed by atoms with van der Waals surface area (Å²) in [5.41, 5.74) is 0. The molecule has 0 spiro atoms. The van der Waals surface area contributed by atoms with Crippen molar-refractivity contribution < 1.29 is 24.5 Å². The van der Waals surface area contributed by atoms with E-state index in [1.54, 1.807) is 6.92 Å². The van der Waals surface area contributed by atoms with Gasteiger partial charge in [-0.25, -0.2) is 9.59 Å². The number of urea groups is 1. The molecule has 1 heterocycles. The van der Waals surface area contributed by atoms with Gasteiger partial charge >= 0.3 is 12.0 Å². The van der Waals surface area contributed by atoms with Gasteiger partial charge in [-0.15, -0.1) is 0 Å². The van der Waals surface area contributed by atoms with E-state index < -0.39 is 24.1 Å².